The first-order chi connectivity index (χ1) is 15.9. The number of rotatable bonds is 4. The van der Waals surface area contributed by atoms with Crippen LogP contribution in [0.25, 0.3) is 11.1 Å². The van der Waals surface area contributed by atoms with Gasteiger partial charge in [-0.15, -0.1) is 0 Å². The van der Waals surface area contributed by atoms with E-state index < -0.39 is 21.3 Å². The molecule has 0 unspecified atom stereocenters. The minimum atomic E-state index is -2.47. The molecule has 0 bridgehead atoms. The Labute approximate surface area is 197 Å². The molecule has 0 radical (unpaired) electrons. The van der Waals surface area contributed by atoms with E-state index >= 15 is 0 Å². The molecule has 0 atom stereocenters. The van der Waals surface area contributed by atoms with Crippen LogP contribution in [0.2, 0.25) is 0 Å². The van der Waals surface area contributed by atoms with Gasteiger partial charge in [0.2, 0.25) is 0 Å². The van der Waals surface area contributed by atoms with Crippen LogP contribution in [0.4, 0.5) is 0 Å². The van der Waals surface area contributed by atoms with Crippen molar-refractivity contribution in [2.24, 2.45) is 0 Å². The maximum atomic E-state index is 2.43. The summed E-state index contributed by atoms with van der Waals surface area (Å²) in [5, 5.41) is 0. The van der Waals surface area contributed by atoms with E-state index in [-0.39, 0.29) is 0 Å². The molecule has 0 saturated heterocycles. The molecule has 2 aliphatic rings. The van der Waals surface area contributed by atoms with E-state index in [1.807, 2.05) is 0 Å². The average Bonchev–Trinajstić information content (AvgIpc) is 3.51. The van der Waals surface area contributed by atoms with Crippen LogP contribution in [-0.2, 0) is 21.3 Å². The van der Waals surface area contributed by atoms with Crippen molar-refractivity contribution in [1.29, 1.82) is 0 Å². The van der Waals surface area contributed by atoms with E-state index in [0.717, 1.165) is 6.42 Å². The first kappa shape index (κ1) is 19.8. The summed E-state index contributed by atoms with van der Waals surface area (Å²) < 4.78 is 3.79. The number of fused-ring (bicyclic) bond motifs is 3. The molecule has 0 nitrogen and oxygen atoms in total. The van der Waals surface area contributed by atoms with E-state index in [9.17, 15) is 0 Å². The molecule has 0 heterocycles. The van der Waals surface area contributed by atoms with Gasteiger partial charge >= 0.3 is 199 Å². The molecule has 0 N–H and O–H groups in total. The molecular formula is C31H24Zr. The van der Waals surface area contributed by atoms with Crippen molar-refractivity contribution in [1.82, 2.24) is 0 Å². The van der Waals surface area contributed by atoms with Crippen molar-refractivity contribution in [3.8, 4) is 11.1 Å². The predicted molar refractivity (Wildman–Crippen MR) is 132 cm³/mol. The Hall–Kier alpha value is -2.89. The van der Waals surface area contributed by atoms with Gasteiger partial charge in [0.25, 0.3) is 0 Å². The van der Waals surface area contributed by atoms with Crippen molar-refractivity contribution in [2.75, 3.05) is 0 Å². The summed E-state index contributed by atoms with van der Waals surface area (Å²) in [6.45, 7) is 0. The second-order valence-electron chi connectivity index (χ2n) is 8.45. The first-order valence-electron chi connectivity index (χ1n) is 11.3. The molecule has 1 heteroatoms. The zero-order valence-corrected chi connectivity index (χ0v) is 20.4. The Morgan fingerprint density at radius 1 is 0.594 bits per heavy atom. The number of allylic oxidation sites excluding steroid dienone is 4. The topological polar surface area (TPSA) is 0 Å². The fourth-order valence-electron chi connectivity index (χ4n) is 5.29. The van der Waals surface area contributed by atoms with Crippen LogP contribution in [-0.4, -0.2) is 3.21 Å². The van der Waals surface area contributed by atoms with Gasteiger partial charge in [-0.1, -0.05) is 0 Å². The van der Waals surface area contributed by atoms with Crippen molar-refractivity contribution in [2.45, 2.75) is 10.0 Å². The SMILES string of the molecule is C1=CC[C]([Zr](=[C](c2ccccc2)c2ccccc2)[CH]2c3ccccc3-c3ccccc32)=C1. The quantitative estimate of drug-likeness (QED) is 0.280. The molecule has 0 spiro atoms. The Morgan fingerprint density at radius 2 is 1.09 bits per heavy atom. The van der Waals surface area contributed by atoms with Gasteiger partial charge in [-0.25, -0.2) is 0 Å². The molecule has 0 aliphatic heterocycles. The third kappa shape index (κ3) is 3.37. The third-order valence-corrected chi connectivity index (χ3v) is 14.9. The number of benzene rings is 4. The van der Waals surface area contributed by atoms with Gasteiger partial charge in [-0.2, -0.15) is 0 Å². The van der Waals surface area contributed by atoms with E-state index in [4.69, 9.17) is 0 Å². The molecule has 4 aromatic rings. The fraction of sp³-hybridized carbons (Fsp3) is 0.0645. The van der Waals surface area contributed by atoms with Crippen LogP contribution in [0.1, 0.15) is 32.3 Å². The van der Waals surface area contributed by atoms with E-state index in [1.165, 1.54) is 33.4 Å². The zero-order valence-electron chi connectivity index (χ0n) is 17.9. The molecule has 2 aliphatic carbocycles. The summed E-state index contributed by atoms with van der Waals surface area (Å²) in [5.74, 6) is 0. The van der Waals surface area contributed by atoms with Gasteiger partial charge in [0, 0.05) is 0 Å². The number of hydrogen-bond acceptors (Lipinski definition) is 0. The van der Waals surface area contributed by atoms with Crippen LogP contribution in [0.5, 0.6) is 0 Å². The predicted octanol–water partition coefficient (Wildman–Crippen LogP) is 7.49. The summed E-state index contributed by atoms with van der Waals surface area (Å²) >= 11 is -2.47. The normalized spacial score (nSPS) is 14.1. The van der Waals surface area contributed by atoms with Gasteiger partial charge in [0.1, 0.15) is 0 Å². The summed E-state index contributed by atoms with van der Waals surface area (Å²) in [4.78, 5) is 0. The molecule has 0 saturated carbocycles. The van der Waals surface area contributed by atoms with E-state index in [1.54, 1.807) is 6.49 Å². The molecule has 0 amide bonds. The zero-order chi connectivity index (χ0) is 21.3. The van der Waals surface area contributed by atoms with Gasteiger partial charge < -0.3 is 0 Å². The van der Waals surface area contributed by atoms with E-state index in [2.05, 4.69) is 127 Å². The Bertz CT molecular complexity index is 1290. The molecular weight excluding hydrogens is 464 g/mol. The van der Waals surface area contributed by atoms with Crippen molar-refractivity contribution < 1.29 is 21.3 Å². The average molecular weight is 488 g/mol. The molecule has 0 aromatic heterocycles. The summed E-state index contributed by atoms with van der Waals surface area (Å²) in [5.41, 5.74) is 8.70. The number of hydrogen-bond donors (Lipinski definition) is 0. The molecule has 152 valence electrons. The summed E-state index contributed by atoms with van der Waals surface area (Å²) in [6, 6.07) is 40.5. The molecule has 32 heavy (non-hydrogen) atoms. The maximum absolute atomic E-state index is 2.47. The van der Waals surface area contributed by atoms with Gasteiger partial charge in [-0.3, -0.25) is 0 Å². The van der Waals surface area contributed by atoms with Crippen molar-refractivity contribution in [3.63, 3.8) is 0 Å². The van der Waals surface area contributed by atoms with Crippen LogP contribution >= 0.6 is 0 Å². The van der Waals surface area contributed by atoms with Crippen LogP contribution in [0.15, 0.2) is 131 Å². The first-order valence-corrected chi connectivity index (χ1v) is 15.2. The standard InChI is InChI=1S/C13H9.C13H10.C5H5.Zr/c1-3-7-12-10(5-1)9-11-6-2-4-8-13(11)12;1-3-7-12(8-4-1)11-13-9-5-2-6-10-13;1-2-4-5-3-1;/h1-9H;1-10H;1-3H,4H2;. The molecule has 4 aromatic carbocycles. The Morgan fingerprint density at radius 3 is 1.59 bits per heavy atom. The Balaban J connectivity index is 1.72. The van der Waals surface area contributed by atoms with E-state index in [0.29, 0.717) is 3.63 Å². The summed E-state index contributed by atoms with van der Waals surface area (Å²) in [6.07, 6.45) is 8.15. The van der Waals surface area contributed by atoms with Gasteiger partial charge in [0.15, 0.2) is 0 Å². The molecule has 0 fully saturated rings. The Kier molecular flexibility index (Phi) is 5.29. The second kappa shape index (κ2) is 8.57. The van der Waals surface area contributed by atoms with Crippen molar-refractivity contribution in [3.05, 3.63) is 153 Å². The monoisotopic (exact) mass is 486 g/mol. The summed E-state index contributed by atoms with van der Waals surface area (Å²) in [7, 11) is 0. The van der Waals surface area contributed by atoms with Crippen LogP contribution in [0.3, 0.4) is 0 Å². The van der Waals surface area contributed by atoms with Crippen molar-refractivity contribution >= 4 is 3.21 Å². The minimum absolute atomic E-state index is 0.492. The fourth-order valence-corrected chi connectivity index (χ4v) is 14.3. The second-order valence-corrected chi connectivity index (χ2v) is 14.7. The van der Waals surface area contributed by atoms with Gasteiger partial charge in [-0.05, 0) is 0 Å². The molecule has 6 rings (SSSR count). The van der Waals surface area contributed by atoms with Crippen LogP contribution < -0.4 is 0 Å². The van der Waals surface area contributed by atoms with Crippen LogP contribution in [0, 0.1) is 0 Å². The van der Waals surface area contributed by atoms with Gasteiger partial charge in [0.05, 0.1) is 0 Å². The third-order valence-electron chi connectivity index (χ3n) is 6.63.